The van der Waals surface area contributed by atoms with Gasteiger partial charge in [0.05, 0.1) is 5.01 Å². The number of guanidine groups is 1. The second-order valence-corrected chi connectivity index (χ2v) is 7.41. The van der Waals surface area contributed by atoms with Gasteiger partial charge in [-0.05, 0) is 30.9 Å². The van der Waals surface area contributed by atoms with E-state index >= 15 is 0 Å². The highest BCUT2D eigenvalue weighted by Gasteiger charge is 2.04. The van der Waals surface area contributed by atoms with Gasteiger partial charge in [0.25, 0.3) is 0 Å². The molecule has 6 heteroatoms. The summed E-state index contributed by atoms with van der Waals surface area (Å²) in [6, 6.07) is 8.45. The molecule has 2 heterocycles. The molecule has 3 aromatic rings. The SMILES string of the molecule is CCc1cnc(CCNC(=NC)NCCCc2c[nH]c3ccccc23)s1. The second kappa shape index (κ2) is 9.38. The molecule has 0 aliphatic heterocycles. The van der Waals surface area contributed by atoms with Crippen LogP contribution in [0.5, 0.6) is 0 Å². The molecule has 3 N–H and O–H groups in total. The van der Waals surface area contributed by atoms with E-state index in [0.29, 0.717) is 0 Å². The van der Waals surface area contributed by atoms with Gasteiger partial charge in [-0.3, -0.25) is 4.99 Å². The van der Waals surface area contributed by atoms with E-state index in [1.54, 1.807) is 11.3 Å². The van der Waals surface area contributed by atoms with Crippen molar-refractivity contribution in [3.8, 4) is 0 Å². The van der Waals surface area contributed by atoms with Crippen LogP contribution in [0.3, 0.4) is 0 Å². The number of aromatic amines is 1. The van der Waals surface area contributed by atoms with Crippen LogP contribution in [-0.2, 0) is 19.3 Å². The molecular formula is C20H27N5S. The number of hydrogen-bond donors (Lipinski definition) is 3. The Hall–Kier alpha value is -2.34. The maximum Gasteiger partial charge on any atom is 0.190 e. The minimum atomic E-state index is 0.846. The van der Waals surface area contributed by atoms with Crippen LogP contribution in [0, 0.1) is 0 Å². The quantitative estimate of drug-likeness (QED) is 0.323. The molecule has 26 heavy (non-hydrogen) atoms. The second-order valence-electron chi connectivity index (χ2n) is 6.21. The summed E-state index contributed by atoms with van der Waals surface area (Å²) in [7, 11) is 1.81. The first-order valence-corrected chi connectivity index (χ1v) is 10.0. The number of fused-ring (bicyclic) bond motifs is 1. The Balaban J connectivity index is 1.37. The zero-order chi connectivity index (χ0) is 18.2. The van der Waals surface area contributed by atoms with Crippen LogP contribution >= 0.6 is 11.3 Å². The van der Waals surface area contributed by atoms with Crippen molar-refractivity contribution in [3.05, 3.63) is 52.1 Å². The van der Waals surface area contributed by atoms with Crippen LogP contribution in [0.15, 0.2) is 41.7 Å². The molecule has 0 fully saturated rings. The number of aliphatic imine (C=N–C) groups is 1. The van der Waals surface area contributed by atoms with Crippen LogP contribution in [0.1, 0.15) is 28.8 Å². The summed E-state index contributed by atoms with van der Waals surface area (Å²) in [6.45, 7) is 3.91. The number of hydrogen-bond acceptors (Lipinski definition) is 3. The van der Waals surface area contributed by atoms with Crippen molar-refractivity contribution in [2.75, 3.05) is 20.1 Å². The Labute approximate surface area is 159 Å². The van der Waals surface area contributed by atoms with Gasteiger partial charge in [-0.15, -0.1) is 11.3 Å². The molecule has 0 unspecified atom stereocenters. The highest BCUT2D eigenvalue weighted by Crippen LogP contribution is 2.18. The minimum Gasteiger partial charge on any atom is -0.361 e. The van der Waals surface area contributed by atoms with E-state index in [-0.39, 0.29) is 0 Å². The molecule has 3 rings (SSSR count). The fourth-order valence-electron chi connectivity index (χ4n) is 2.96. The van der Waals surface area contributed by atoms with E-state index in [0.717, 1.165) is 44.7 Å². The molecule has 0 aliphatic rings. The number of para-hydroxylation sites is 1. The van der Waals surface area contributed by atoms with Crippen LogP contribution in [0.4, 0.5) is 0 Å². The number of aryl methyl sites for hydroxylation is 2. The van der Waals surface area contributed by atoms with E-state index in [9.17, 15) is 0 Å². The van der Waals surface area contributed by atoms with Crippen molar-refractivity contribution >= 4 is 28.2 Å². The summed E-state index contributed by atoms with van der Waals surface area (Å²) < 4.78 is 0. The first-order valence-electron chi connectivity index (χ1n) is 9.23. The van der Waals surface area contributed by atoms with Crippen molar-refractivity contribution in [3.63, 3.8) is 0 Å². The van der Waals surface area contributed by atoms with Gasteiger partial charge in [0.15, 0.2) is 5.96 Å². The molecule has 0 amide bonds. The average Bonchev–Trinajstić information content (AvgIpc) is 3.30. The number of H-pyrrole nitrogens is 1. The van der Waals surface area contributed by atoms with Gasteiger partial charge < -0.3 is 15.6 Å². The summed E-state index contributed by atoms with van der Waals surface area (Å²) >= 11 is 1.80. The maximum atomic E-state index is 4.45. The fraction of sp³-hybridized carbons (Fsp3) is 0.400. The zero-order valence-electron chi connectivity index (χ0n) is 15.5. The number of benzene rings is 1. The predicted molar refractivity (Wildman–Crippen MR) is 111 cm³/mol. The molecule has 138 valence electrons. The number of rotatable bonds is 8. The summed E-state index contributed by atoms with van der Waals surface area (Å²) in [4.78, 5) is 13.4. The zero-order valence-corrected chi connectivity index (χ0v) is 16.3. The number of aromatic nitrogens is 2. The van der Waals surface area contributed by atoms with Crippen molar-refractivity contribution in [2.45, 2.75) is 32.6 Å². The molecule has 0 bridgehead atoms. The highest BCUT2D eigenvalue weighted by atomic mass is 32.1. The smallest absolute Gasteiger partial charge is 0.190 e. The molecule has 0 saturated carbocycles. The van der Waals surface area contributed by atoms with Gasteiger partial charge in [-0.25, -0.2) is 4.98 Å². The third-order valence-electron chi connectivity index (χ3n) is 4.40. The Morgan fingerprint density at radius 1 is 1.19 bits per heavy atom. The lowest BCUT2D eigenvalue weighted by atomic mass is 10.1. The summed E-state index contributed by atoms with van der Waals surface area (Å²) in [6.07, 6.45) is 8.21. The molecule has 0 atom stereocenters. The normalized spacial score (nSPS) is 11.8. The molecular weight excluding hydrogens is 342 g/mol. The highest BCUT2D eigenvalue weighted by molar-refractivity contribution is 7.11. The molecule has 0 radical (unpaired) electrons. The third kappa shape index (κ3) is 4.85. The van der Waals surface area contributed by atoms with E-state index in [1.807, 2.05) is 13.2 Å². The predicted octanol–water partition coefficient (Wildman–Crippen LogP) is 3.53. The van der Waals surface area contributed by atoms with Gasteiger partial charge >= 0.3 is 0 Å². The molecule has 0 aliphatic carbocycles. The fourth-order valence-corrected chi connectivity index (χ4v) is 3.82. The third-order valence-corrected chi connectivity index (χ3v) is 5.60. The Morgan fingerprint density at radius 3 is 2.85 bits per heavy atom. The molecule has 0 spiro atoms. The van der Waals surface area contributed by atoms with Gasteiger partial charge in [-0.1, -0.05) is 25.1 Å². The number of nitrogens with zero attached hydrogens (tertiary/aromatic N) is 2. The Morgan fingerprint density at radius 2 is 2.04 bits per heavy atom. The van der Waals surface area contributed by atoms with Crippen molar-refractivity contribution in [1.29, 1.82) is 0 Å². The van der Waals surface area contributed by atoms with Gasteiger partial charge in [0.1, 0.15) is 0 Å². The van der Waals surface area contributed by atoms with Crippen LogP contribution in [-0.4, -0.2) is 36.1 Å². The van der Waals surface area contributed by atoms with Crippen molar-refractivity contribution in [1.82, 2.24) is 20.6 Å². The van der Waals surface area contributed by atoms with E-state index in [1.165, 1.54) is 26.4 Å². The lowest BCUT2D eigenvalue weighted by Crippen LogP contribution is -2.38. The average molecular weight is 370 g/mol. The van der Waals surface area contributed by atoms with E-state index < -0.39 is 0 Å². The Bertz CT molecular complexity index is 849. The molecule has 5 nitrogen and oxygen atoms in total. The van der Waals surface area contributed by atoms with E-state index in [2.05, 4.69) is 63.0 Å². The first-order chi connectivity index (χ1) is 12.8. The van der Waals surface area contributed by atoms with Gasteiger partial charge in [-0.2, -0.15) is 0 Å². The molecule has 2 aromatic heterocycles. The molecule has 0 saturated heterocycles. The van der Waals surface area contributed by atoms with E-state index in [4.69, 9.17) is 0 Å². The topological polar surface area (TPSA) is 65.1 Å². The lowest BCUT2D eigenvalue weighted by Gasteiger charge is -2.11. The lowest BCUT2D eigenvalue weighted by molar-refractivity contribution is 0.740. The van der Waals surface area contributed by atoms with Crippen molar-refractivity contribution < 1.29 is 0 Å². The van der Waals surface area contributed by atoms with Crippen molar-refractivity contribution in [2.24, 2.45) is 4.99 Å². The van der Waals surface area contributed by atoms with Crippen LogP contribution in [0.25, 0.3) is 10.9 Å². The summed E-state index contributed by atoms with van der Waals surface area (Å²) in [5.41, 5.74) is 2.59. The van der Waals surface area contributed by atoms with Gasteiger partial charge in [0, 0.05) is 54.7 Å². The number of nitrogens with one attached hydrogen (secondary N) is 3. The maximum absolute atomic E-state index is 4.45. The minimum absolute atomic E-state index is 0.846. The van der Waals surface area contributed by atoms with Crippen LogP contribution < -0.4 is 10.6 Å². The standard InChI is InChI=1S/C20H27N5S/c1-3-16-14-25-19(26-16)10-12-23-20(21-2)22-11-6-7-15-13-24-18-9-5-4-8-17(15)18/h4-5,8-9,13-14,24H,3,6-7,10-12H2,1-2H3,(H2,21,22,23). The molecule has 1 aromatic carbocycles. The van der Waals surface area contributed by atoms with Gasteiger partial charge in [0.2, 0.25) is 0 Å². The number of thiazole rings is 1. The Kier molecular flexibility index (Phi) is 6.66. The monoisotopic (exact) mass is 369 g/mol. The first kappa shape index (κ1) is 18.5. The largest absolute Gasteiger partial charge is 0.361 e. The summed E-state index contributed by atoms with van der Waals surface area (Å²) in [5, 5.41) is 9.27. The summed E-state index contributed by atoms with van der Waals surface area (Å²) in [5.74, 6) is 0.858. The van der Waals surface area contributed by atoms with Crippen LogP contribution in [0.2, 0.25) is 0 Å².